The number of aromatic nitrogens is 4. The Bertz CT molecular complexity index is 1870. The third kappa shape index (κ3) is 10.6. The van der Waals surface area contributed by atoms with E-state index < -0.39 is 54.4 Å². The van der Waals surface area contributed by atoms with Gasteiger partial charge in [0.2, 0.25) is 5.95 Å². The number of nitrogens with zero attached hydrogens (tertiary/aromatic N) is 3. The van der Waals surface area contributed by atoms with E-state index in [0.717, 1.165) is 0 Å². The molecule has 1 aliphatic rings. The number of nitrogens with one attached hydrogen (secondary N) is 3. The van der Waals surface area contributed by atoms with Crippen LogP contribution in [0.1, 0.15) is 61.3 Å². The number of aromatic amines is 1. The Hall–Kier alpha value is -4.73. The minimum Gasteiger partial charge on any atom is -0.480 e. The normalized spacial score (nSPS) is 19.0. The fourth-order valence-corrected chi connectivity index (χ4v) is 6.65. The van der Waals surface area contributed by atoms with E-state index in [1.807, 2.05) is 13.8 Å². The Morgan fingerprint density at radius 1 is 1.16 bits per heavy atom. The quantitative estimate of drug-likeness (QED) is 0.102. The number of esters is 1. The summed E-state index contributed by atoms with van der Waals surface area (Å²) in [7, 11) is -4.40. The number of carboxylic acids is 1. The van der Waals surface area contributed by atoms with Crippen molar-refractivity contribution in [3.8, 4) is 5.75 Å². The number of nitrogens with two attached hydrogens (primary N) is 1. The largest absolute Gasteiger partial charge is 0.480 e. The monoisotopic (exact) mass is 731 g/mol. The zero-order valence-corrected chi connectivity index (χ0v) is 30.6. The number of ether oxygens (including phenoxy) is 2. The number of benzene rings is 1. The van der Waals surface area contributed by atoms with Crippen molar-refractivity contribution in [1.29, 1.82) is 0 Å². The van der Waals surface area contributed by atoms with Crippen molar-refractivity contribution in [2.45, 2.75) is 79.0 Å². The molecule has 1 saturated carbocycles. The lowest BCUT2D eigenvalue weighted by Gasteiger charge is -2.27. The molecule has 0 spiro atoms. The zero-order chi connectivity index (χ0) is 37.7. The number of carbonyl (C=O) groups is 3. The van der Waals surface area contributed by atoms with Crippen molar-refractivity contribution < 1.29 is 42.6 Å². The molecule has 18 heteroatoms. The van der Waals surface area contributed by atoms with Gasteiger partial charge in [-0.1, -0.05) is 45.9 Å². The number of anilines is 1. The number of hydrogen-bond donors (Lipinski definition) is 5. The number of carbonyl (C=O) groups excluding carboxylic acids is 2. The van der Waals surface area contributed by atoms with Crippen molar-refractivity contribution in [1.82, 2.24) is 29.9 Å². The first-order valence-electron chi connectivity index (χ1n) is 16.4. The SMILES string of the molecule is CC(C)CC(N[P@](=O)(OCC1(COC(=O)C(NC(=O)OC(C)(C)C)C(C)C)C/C1=C/n1cnc2c(=O)[nH]c(N)nc21)Oc1ccccc1)C(=O)O. The van der Waals surface area contributed by atoms with Crippen LogP contribution in [0.15, 0.2) is 47.0 Å². The van der Waals surface area contributed by atoms with E-state index in [0.29, 0.717) is 5.57 Å². The number of rotatable bonds is 16. The first kappa shape index (κ1) is 39.1. The summed E-state index contributed by atoms with van der Waals surface area (Å²) in [6, 6.07) is 5.79. The van der Waals surface area contributed by atoms with Gasteiger partial charge >= 0.3 is 25.8 Å². The molecule has 2 heterocycles. The molecular formula is C33H46N7O10P. The Balaban J connectivity index is 1.65. The fraction of sp³-hybridized carbons (Fsp3) is 0.515. The fourth-order valence-electron chi connectivity index (χ4n) is 5.06. The second kappa shape index (κ2) is 15.7. The van der Waals surface area contributed by atoms with Crippen LogP contribution in [0.4, 0.5) is 10.7 Å². The second-order valence-corrected chi connectivity index (χ2v) is 15.9. The molecule has 2 aromatic heterocycles. The number of nitrogen functional groups attached to an aromatic ring is 1. The van der Waals surface area contributed by atoms with Gasteiger partial charge in [0.05, 0.1) is 12.0 Å². The Kier molecular flexibility index (Phi) is 12.0. The third-order valence-corrected chi connectivity index (χ3v) is 9.26. The van der Waals surface area contributed by atoms with Crippen LogP contribution in [-0.2, 0) is 28.2 Å². The lowest BCUT2D eigenvalue weighted by molar-refractivity contribution is -0.149. The summed E-state index contributed by atoms with van der Waals surface area (Å²) >= 11 is 0. The van der Waals surface area contributed by atoms with E-state index in [2.05, 4.69) is 25.4 Å². The summed E-state index contributed by atoms with van der Waals surface area (Å²) in [5.41, 5.74) is 4.16. The molecule has 3 aromatic rings. The van der Waals surface area contributed by atoms with Gasteiger partial charge in [-0.3, -0.25) is 23.7 Å². The van der Waals surface area contributed by atoms with E-state index >= 15 is 0 Å². The van der Waals surface area contributed by atoms with Gasteiger partial charge < -0.3 is 30.2 Å². The van der Waals surface area contributed by atoms with Gasteiger partial charge in [0.1, 0.15) is 36.4 Å². The molecule has 1 amide bonds. The molecular weight excluding hydrogens is 685 g/mol. The van der Waals surface area contributed by atoms with Crippen LogP contribution in [0.3, 0.4) is 0 Å². The van der Waals surface area contributed by atoms with Gasteiger partial charge in [-0.15, -0.1) is 0 Å². The van der Waals surface area contributed by atoms with E-state index in [4.69, 9.17) is 24.3 Å². The maximum absolute atomic E-state index is 14.3. The second-order valence-electron chi connectivity index (χ2n) is 14.2. The van der Waals surface area contributed by atoms with Crippen molar-refractivity contribution in [3.05, 3.63) is 52.6 Å². The number of imidazole rings is 1. The van der Waals surface area contributed by atoms with E-state index in [9.17, 15) is 28.8 Å². The number of hydrogen-bond acceptors (Lipinski definition) is 12. The van der Waals surface area contributed by atoms with Gasteiger partial charge in [0, 0.05) is 6.20 Å². The van der Waals surface area contributed by atoms with Gasteiger partial charge in [-0.05, 0) is 63.2 Å². The topological polar surface area (TPSA) is 239 Å². The highest BCUT2D eigenvalue weighted by atomic mass is 31.2. The van der Waals surface area contributed by atoms with Crippen molar-refractivity contribution in [3.63, 3.8) is 0 Å². The predicted molar refractivity (Wildman–Crippen MR) is 187 cm³/mol. The van der Waals surface area contributed by atoms with Crippen LogP contribution in [0.2, 0.25) is 0 Å². The highest BCUT2D eigenvalue weighted by Gasteiger charge is 2.53. The first-order chi connectivity index (χ1) is 23.8. The molecule has 0 bridgehead atoms. The Morgan fingerprint density at radius 3 is 2.45 bits per heavy atom. The van der Waals surface area contributed by atoms with Crippen molar-refractivity contribution in [2.24, 2.45) is 17.3 Å². The van der Waals surface area contributed by atoms with E-state index in [-0.39, 0.29) is 60.8 Å². The molecule has 4 atom stereocenters. The molecule has 1 aromatic carbocycles. The Labute approximate surface area is 294 Å². The highest BCUT2D eigenvalue weighted by Crippen LogP contribution is 2.56. The minimum atomic E-state index is -4.40. The van der Waals surface area contributed by atoms with Crippen LogP contribution in [0.5, 0.6) is 5.75 Å². The predicted octanol–water partition coefficient (Wildman–Crippen LogP) is 4.32. The number of amides is 1. The molecule has 1 fully saturated rings. The average Bonchev–Trinajstić information content (AvgIpc) is 3.55. The van der Waals surface area contributed by atoms with Crippen LogP contribution < -0.4 is 26.2 Å². The van der Waals surface area contributed by atoms with Crippen molar-refractivity contribution >= 4 is 49.1 Å². The number of para-hydroxylation sites is 1. The van der Waals surface area contributed by atoms with Gasteiger partial charge in [0.25, 0.3) is 5.56 Å². The highest BCUT2D eigenvalue weighted by molar-refractivity contribution is 7.52. The van der Waals surface area contributed by atoms with E-state index in [1.54, 1.807) is 71.2 Å². The molecule has 0 saturated heterocycles. The summed E-state index contributed by atoms with van der Waals surface area (Å²) in [6.45, 7) is 11.5. The number of carboxylic acid groups (broad SMARTS) is 1. The summed E-state index contributed by atoms with van der Waals surface area (Å²) in [6.07, 6.45) is 2.56. The lowest BCUT2D eigenvalue weighted by Crippen LogP contribution is -2.47. The molecule has 17 nitrogen and oxygen atoms in total. The Morgan fingerprint density at radius 2 is 1.84 bits per heavy atom. The van der Waals surface area contributed by atoms with E-state index in [1.165, 1.54) is 10.9 Å². The van der Waals surface area contributed by atoms with Crippen molar-refractivity contribution in [2.75, 3.05) is 18.9 Å². The summed E-state index contributed by atoms with van der Waals surface area (Å²) in [5.74, 6) is -2.40. The average molecular weight is 732 g/mol. The molecule has 3 unspecified atom stereocenters. The maximum Gasteiger partial charge on any atom is 0.459 e. The number of H-pyrrole nitrogens is 1. The smallest absolute Gasteiger partial charge is 0.459 e. The van der Waals surface area contributed by atoms with Gasteiger partial charge in [-0.2, -0.15) is 10.1 Å². The number of aliphatic carboxylic acids is 1. The summed E-state index contributed by atoms with van der Waals surface area (Å²) in [5, 5.41) is 15.1. The van der Waals surface area contributed by atoms with Crippen LogP contribution in [0, 0.1) is 17.3 Å². The number of fused-ring (bicyclic) bond motifs is 1. The molecule has 51 heavy (non-hydrogen) atoms. The number of alkyl carbamates (subject to hydrolysis) is 1. The van der Waals surface area contributed by atoms with Crippen LogP contribution >= 0.6 is 7.75 Å². The van der Waals surface area contributed by atoms with Crippen LogP contribution in [-0.4, -0.2) is 73.6 Å². The summed E-state index contributed by atoms with van der Waals surface area (Å²) < 4.78 is 38.6. The maximum atomic E-state index is 14.3. The standard InChI is InChI=1S/C33H46N7O10P/c1-19(2)13-23(28(42)43)39-51(46,50-22-11-9-8-10-12-22)48-17-33(16-47-29(44)24(20(3)4)36-31(45)49-32(5,6)7)14-21(33)15-40-18-35-25-26(40)37-30(34)38-27(25)41/h8-12,15,18-20,23-24H,13-14,16-17H2,1-7H3,(H,36,45)(H,39,46)(H,42,43)(H3,34,37,38,41)/b21-15-/t23?,24?,33?,51-/m0/s1. The first-order valence-corrected chi connectivity index (χ1v) is 17.9. The molecule has 278 valence electrons. The molecule has 0 aliphatic heterocycles. The van der Waals surface area contributed by atoms with Gasteiger partial charge in [0.15, 0.2) is 11.2 Å². The minimum absolute atomic E-state index is 0.0396. The summed E-state index contributed by atoms with van der Waals surface area (Å²) in [4.78, 5) is 61.2. The van der Waals surface area contributed by atoms with Crippen LogP contribution in [0.25, 0.3) is 17.4 Å². The molecule has 4 rings (SSSR count). The molecule has 6 N–H and O–H groups in total. The van der Waals surface area contributed by atoms with Gasteiger partial charge in [-0.25, -0.2) is 19.1 Å². The third-order valence-electron chi connectivity index (χ3n) is 7.71. The lowest BCUT2D eigenvalue weighted by atomic mass is 10.0. The molecule has 0 radical (unpaired) electrons. The molecule has 1 aliphatic carbocycles. The zero-order valence-electron chi connectivity index (χ0n) is 29.7.